The molecule has 0 saturated heterocycles. The van der Waals surface area contributed by atoms with Gasteiger partial charge >= 0.3 is 0 Å². The van der Waals surface area contributed by atoms with E-state index in [2.05, 4.69) is 179 Å². The molecule has 12 aromatic rings. The summed E-state index contributed by atoms with van der Waals surface area (Å²) in [6, 6.07) is 63.0. The summed E-state index contributed by atoms with van der Waals surface area (Å²) in [5.41, 5.74) is 9.74. The Morgan fingerprint density at radius 2 is 0.902 bits per heavy atom. The molecule has 2 nitrogen and oxygen atoms in total. The van der Waals surface area contributed by atoms with E-state index in [1.54, 1.807) is 0 Å². The van der Waals surface area contributed by atoms with Crippen molar-refractivity contribution in [1.82, 2.24) is 8.97 Å². The predicted molar refractivity (Wildman–Crippen MR) is 220 cm³/mol. The lowest BCUT2D eigenvalue weighted by Gasteiger charge is -2.10. The van der Waals surface area contributed by atoms with Crippen LogP contribution in [0.1, 0.15) is 0 Å². The molecule has 0 aliphatic rings. The molecule has 0 saturated carbocycles. The highest BCUT2D eigenvalue weighted by Crippen LogP contribution is 2.45. The maximum absolute atomic E-state index is 2.58. The Kier molecular flexibility index (Phi) is 5.41. The van der Waals surface area contributed by atoms with Crippen LogP contribution >= 0.6 is 11.3 Å². The molecule has 4 heterocycles. The smallest absolute Gasteiger partial charge is 0.0619 e. The quantitative estimate of drug-likeness (QED) is 0.174. The molecule has 3 heteroatoms. The second-order valence-corrected chi connectivity index (χ2v) is 14.7. The summed E-state index contributed by atoms with van der Waals surface area (Å²) in [5, 5.41) is 12.9. The third kappa shape index (κ3) is 3.65. The summed E-state index contributed by atoms with van der Waals surface area (Å²) < 4.78 is 7.67. The minimum absolute atomic E-state index is 1.16. The topological polar surface area (TPSA) is 9.34 Å². The van der Waals surface area contributed by atoms with Crippen LogP contribution in [0.15, 0.2) is 170 Å². The van der Waals surface area contributed by atoms with Gasteiger partial charge in [-0.05, 0) is 75.8 Å². The molecule has 4 aromatic heterocycles. The molecular weight excluding hydrogens is 637 g/mol. The molecule has 0 radical (unpaired) electrons. The van der Waals surface area contributed by atoms with E-state index in [1.165, 1.54) is 102 Å². The molecular formula is C48H28N2S. The Morgan fingerprint density at radius 1 is 0.333 bits per heavy atom. The van der Waals surface area contributed by atoms with Crippen molar-refractivity contribution >= 4 is 102 Å². The monoisotopic (exact) mass is 664 g/mol. The van der Waals surface area contributed by atoms with Gasteiger partial charge in [0.15, 0.2) is 0 Å². The summed E-state index contributed by atoms with van der Waals surface area (Å²) in [7, 11) is 0. The van der Waals surface area contributed by atoms with Gasteiger partial charge in [-0.15, -0.1) is 11.3 Å². The lowest BCUT2D eigenvalue weighted by molar-refractivity contribution is 1.18. The van der Waals surface area contributed by atoms with E-state index in [1.807, 2.05) is 11.3 Å². The van der Waals surface area contributed by atoms with Gasteiger partial charge in [-0.25, -0.2) is 0 Å². The van der Waals surface area contributed by atoms with Gasteiger partial charge in [0.25, 0.3) is 0 Å². The Bertz CT molecular complexity index is 3400. The third-order valence-electron chi connectivity index (χ3n) is 11.1. The lowest BCUT2D eigenvalue weighted by atomic mass is 10.0. The van der Waals surface area contributed by atoms with Crippen LogP contribution in [0.4, 0.5) is 0 Å². The number of benzene rings is 8. The Morgan fingerprint density at radius 3 is 1.73 bits per heavy atom. The van der Waals surface area contributed by atoms with Crippen molar-refractivity contribution in [3.8, 4) is 16.8 Å². The average molecular weight is 665 g/mol. The zero-order chi connectivity index (χ0) is 33.2. The fraction of sp³-hybridized carbons (Fsp3) is 0. The first kappa shape index (κ1) is 27.4. The summed E-state index contributed by atoms with van der Waals surface area (Å²) in [5.74, 6) is 0. The van der Waals surface area contributed by atoms with Crippen LogP contribution in [0.3, 0.4) is 0 Å². The highest BCUT2D eigenvalue weighted by atomic mass is 32.1. The van der Waals surface area contributed by atoms with Gasteiger partial charge in [-0.3, -0.25) is 0 Å². The number of hydrogen-bond acceptors (Lipinski definition) is 1. The fourth-order valence-electron chi connectivity index (χ4n) is 8.92. The highest BCUT2D eigenvalue weighted by Gasteiger charge is 2.21. The van der Waals surface area contributed by atoms with Gasteiger partial charge in [0.2, 0.25) is 0 Å². The summed E-state index contributed by atoms with van der Waals surface area (Å²) in [6.45, 7) is 0. The van der Waals surface area contributed by atoms with Crippen LogP contribution in [-0.4, -0.2) is 8.97 Å². The standard InChI is InChI=1S/C48H28N2S/c1-2-11-29(12-3-1)30-23-25-31(26-24-30)49-40-19-7-6-15-34(40)38-27-39-37-18-8-17-36-33-14-5-4-13-32(33)35-16-9-21-44-46(35)47-41(20-10-22-45(47)51-44)50(48(36)37)43(39)28-42(38)49/h1-28H. The maximum atomic E-state index is 2.58. The summed E-state index contributed by atoms with van der Waals surface area (Å²) in [6.07, 6.45) is 0. The van der Waals surface area contributed by atoms with Gasteiger partial charge in [0, 0.05) is 52.8 Å². The maximum Gasteiger partial charge on any atom is 0.0619 e. The van der Waals surface area contributed by atoms with Crippen molar-refractivity contribution in [3.63, 3.8) is 0 Å². The van der Waals surface area contributed by atoms with Gasteiger partial charge in [0.05, 0.1) is 27.6 Å². The van der Waals surface area contributed by atoms with Crippen LogP contribution in [0.25, 0.3) is 108 Å². The largest absolute Gasteiger partial charge is 0.309 e. The third-order valence-corrected chi connectivity index (χ3v) is 12.2. The molecule has 12 rings (SSSR count). The molecule has 0 atom stereocenters. The molecule has 51 heavy (non-hydrogen) atoms. The first-order chi connectivity index (χ1) is 25.3. The Hall–Kier alpha value is -6.42. The molecule has 8 aromatic carbocycles. The van der Waals surface area contributed by atoms with E-state index < -0.39 is 0 Å². The lowest BCUT2D eigenvalue weighted by Crippen LogP contribution is -1.94. The van der Waals surface area contributed by atoms with Gasteiger partial charge in [-0.2, -0.15) is 0 Å². The number of nitrogens with zero attached hydrogens (tertiary/aromatic N) is 2. The van der Waals surface area contributed by atoms with Crippen molar-refractivity contribution in [2.45, 2.75) is 0 Å². The minimum atomic E-state index is 1.16. The number of fused-ring (bicyclic) bond motifs is 10. The molecule has 0 aliphatic heterocycles. The highest BCUT2D eigenvalue weighted by molar-refractivity contribution is 7.26. The van der Waals surface area contributed by atoms with Crippen LogP contribution in [0.2, 0.25) is 0 Å². The summed E-state index contributed by atoms with van der Waals surface area (Å²) in [4.78, 5) is 0. The van der Waals surface area contributed by atoms with Crippen LogP contribution < -0.4 is 0 Å². The zero-order valence-electron chi connectivity index (χ0n) is 27.5. The van der Waals surface area contributed by atoms with E-state index >= 15 is 0 Å². The first-order valence-electron chi connectivity index (χ1n) is 17.5. The predicted octanol–water partition coefficient (Wildman–Crippen LogP) is 13.7. The van der Waals surface area contributed by atoms with Gasteiger partial charge < -0.3 is 8.97 Å². The van der Waals surface area contributed by atoms with E-state index in [-0.39, 0.29) is 0 Å². The van der Waals surface area contributed by atoms with E-state index in [0.717, 1.165) is 5.69 Å². The zero-order valence-corrected chi connectivity index (χ0v) is 28.3. The molecule has 0 spiro atoms. The molecule has 0 amide bonds. The normalized spacial score (nSPS) is 12.3. The number of hydrogen-bond donors (Lipinski definition) is 0. The van der Waals surface area contributed by atoms with Crippen molar-refractivity contribution in [2.24, 2.45) is 0 Å². The minimum Gasteiger partial charge on any atom is -0.309 e. The first-order valence-corrected chi connectivity index (χ1v) is 18.3. The van der Waals surface area contributed by atoms with Crippen molar-refractivity contribution in [2.75, 3.05) is 0 Å². The molecule has 236 valence electrons. The van der Waals surface area contributed by atoms with Crippen LogP contribution in [-0.2, 0) is 0 Å². The Balaban J connectivity index is 1.31. The Labute approximate surface area is 296 Å². The van der Waals surface area contributed by atoms with Gasteiger partial charge in [-0.1, -0.05) is 121 Å². The summed E-state index contributed by atoms with van der Waals surface area (Å²) >= 11 is 1.90. The number of para-hydroxylation sites is 2. The number of rotatable bonds is 2. The van der Waals surface area contributed by atoms with E-state index in [9.17, 15) is 0 Å². The number of thiophene rings is 1. The van der Waals surface area contributed by atoms with Gasteiger partial charge in [0.1, 0.15) is 0 Å². The van der Waals surface area contributed by atoms with Crippen molar-refractivity contribution < 1.29 is 0 Å². The number of aromatic nitrogens is 2. The molecule has 0 aliphatic carbocycles. The SMILES string of the molecule is c1ccc(-c2ccc(-n3c4ccccc4c4cc5c6cccc7c8ccccc8c8cccc9sc%10cccc(c%10c98)n(c5cc43)c76)cc2)cc1. The van der Waals surface area contributed by atoms with E-state index in [4.69, 9.17) is 0 Å². The molecule has 0 N–H and O–H groups in total. The van der Waals surface area contributed by atoms with E-state index in [0.29, 0.717) is 0 Å². The van der Waals surface area contributed by atoms with Crippen molar-refractivity contribution in [3.05, 3.63) is 170 Å². The van der Waals surface area contributed by atoms with Crippen LogP contribution in [0, 0.1) is 0 Å². The van der Waals surface area contributed by atoms with Crippen molar-refractivity contribution in [1.29, 1.82) is 0 Å². The average Bonchev–Trinajstić information content (AvgIpc) is 3.85. The molecule has 0 fully saturated rings. The molecule has 0 unspecified atom stereocenters. The second-order valence-electron chi connectivity index (χ2n) is 13.7. The van der Waals surface area contributed by atoms with Crippen LogP contribution in [0.5, 0.6) is 0 Å². The fourth-order valence-corrected chi connectivity index (χ4v) is 10.1. The molecule has 0 bridgehead atoms. The second kappa shape index (κ2) is 10.1.